The van der Waals surface area contributed by atoms with Crippen molar-refractivity contribution in [3.05, 3.63) is 56.2 Å². The quantitative estimate of drug-likeness (QED) is 0.527. The van der Waals surface area contributed by atoms with Crippen molar-refractivity contribution in [1.29, 1.82) is 0 Å². The van der Waals surface area contributed by atoms with Crippen LogP contribution in [-0.4, -0.2) is 30.7 Å². The van der Waals surface area contributed by atoms with Gasteiger partial charge >= 0.3 is 0 Å². The molecular weight excluding hydrogens is 383 g/mol. The first kappa shape index (κ1) is 19.4. The van der Waals surface area contributed by atoms with E-state index in [-0.39, 0.29) is 43.5 Å². The average molecular weight is 399 g/mol. The fraction of sp³-hybridized carbons (Fsp3) is 0.235. The summed E-state index contributed by atoms with van der Waals surface area (Å²) >= 11 is 13.0. The maximum absolute atomic E-state index is 11.9. The van der Waals surface area contributed by atoms with Crippen molar-refractivity contribution in [2.45, 2.75) is 12.8 Å². The van der Waals surface area contributed by atoms with Gasteiger partial charge in [-0.05, 0) is 29.6 Å². The molecule has 0 aliphatic rings. The second-order valence-electron chi connectivity index (χ2n) is 5.14. The number of rotatable bonds is 8. The lowest BCUT2D eigenvalue weighted by molar-refractivity contribution is -0.121. The lowest BCUT2D eigenvalue weighted by Crippen LogP contribution is -2.34. The molecule has 5 nitrogen and oxygen atoms in total. The van der Waals surface area contributed by atoms with Gasteiger partial charge < -0.3 is 10.6 Å². The van der Waals surface area contributed by atoms with E-state index in [0.29, 0.717) is 20.5 Å². The fourth-order valence-electron chi connectivity index (χ4n) is 1.99. The van der Waals surface area contributed by atoms with Crippen LogP contribution in [0.15, 0.2) is 35.7 Å². The van der Waals surface area contributed by atoms with Crippen LogP contribution in [-0.2, 0) is 4.79 Å². The van der Waals surface area contributed by atoms with Crippen LogP contribution in [0.2, 0.25) is 10.0 Å². The molecule has 0 fully saturated rings. The predicted octanol–water partition coefficient (Wildman–Crippen LogP) is 3.56. The maximum atomic E-state index is 11.9. The summed E-state index contributed by atoms with van der Waals surface area (Å²) in [5.41, 5.74) is 0.391. The van der Waals surface area contributed by atoms with Crippen molar-refractivity contribution < 1.29 is 14.4 Å². The summed E-state index contributed by atoms with van der Waals surface area (Å²) in [6.45, 7) is 0.544. The molecule has 0 aliphatic heterocycles. The largest absolute Gasteiger partial charge is 0.354 e. The van der Waals surface area contributed by atoms with Crippen molar-refractivity contribution in [1.82, 2.24) is 10.6 Å². The first-order valence-corrected chi connectivity index (χ1v) is 9.17. The molecule has 0 atom stereocenters. The Kier molecular flexibility index (Phi) is 7.43. The van der Waals surface area contributed by atoms with Gasteiger partial charge in [-0.25, -0.2) is 0 Å². The molecule has 0 unspecified atom stereocenters. The maximum Gasteiger partial charge on any atom is 0.251 e. The molecule has 1 heterocycles. The Labute approximate surface area is 159 Å². The lowest BCUT2D eigenvalue weighted by atomic mass is 10.2. The zero-order valence-electron chi connectivity index (χ0n) is 13.2. The van der Waals surface area contributed by atoms with Crippen LogP contribution in [0, 0.1) is 0 Å². The molecule has 0 spiro atoms. The molecule has 25 heavy (non-hydrogen) atoms. The van der Waals surface area contributed by atoms with Gasteiger partial charge in [0.15, 0.2) is 5.78 Å². The molecule has 0 radical (unpaired) electrons. The van der Waals surface area contributed by atoms with E-state index in [1.54, 1.807) is 24.3 Å². The SMILES string of the molecule is O=C(CCC(=O)c1cccs1)NCCNC(=O)c1ccc(Cl)c(Cl)c1. The van der Waals surface area contributed by atoms with Crippen molar-refractivity contribution in [2.75, 3.05) is 13.1 Å². The fourth-order valence-corrected chi connectivity index (χ4v) is 2.99. The Bertz CT molecular complexity index is 763. The number of carbonyl (C=O) groups is 3. The van der Waals surface area contributed by atoms with Gasteiger partial charge in [0.1, 0.15) is 0 Å². The number of hydrogen-bond acceptors (Lipinski definition) is 4. The van der Waals surface area contributed by atoms with Crippen LogP contribution >= 0.6 is 34.5 Å². The summed E-state index contributed by atoms with van der Waals surface area (Å²) in [6, 6.07) is 8.13. The summed E-state index contributed by atoms with van der Waals surface area (Å²) in [6.07, 6.45) is 0.291. The number of carbonyl (C=O) groups excluding carboxylic acids is 3. The van der Waals surface area contributed by atoms with Gasteiger partial charge in [0.25, 0.3) is 5.91 Å². The molecule has 2 amide bonds. The zero-order valence-corrected chi connectivity index (χ0v) is 15.5. The second-order valence-corrected chi connectivity index (χ2v) is 6.90. The molecule has 2 aromatic rings. The number of thiophene rings is 1. The van der Waals surface area contributed by atoms with E-state index in [9.17, 15) is 14.4 Å². The second kappa shape index (κ2) is 9.56. The minimum atomic E-state index is -0.305. The Hall–Kier alpha value is -1.89. The normalized spacial score (nSPS) is 10.3. The van der Waals surface area contributed by atoms with Gasteiger partial charge in [-0.1, -0.05) is 29.3 Å². The van der Waals surface area contributed by atoms with E-state index < -0.39 is 0 Å². The molecule has 0 aliphatic carbocycles. The molecule has 0 bridgehead atoms. The highest BCUT2D eigenvalue weighted by Crippen LogP contribution is 2.22. The summed E-state index contributed by atoms with van der Waals surface area (Å²) < 4.78 is 0. The third kappa shape index (κ3) is 6.16. The number of hydrogen-bond donors (Lipinski definition) is 2. The van der Waals surface area contributed by atoms with Crippen LogP contribution in [0.3, 0.4) is 0 Å². The molecule has 0 saturated heterocycles. The lowest BCUT2D eigenvalue weighted by Gasteiger charge is -2.07. The summed E-state index contributed by atoms with van der Waals surface area (Å²) in [7, 11) is 0. The van der Waals surface area contributed by atoms with E-state index in [2.05, 4.69) is 10.6 Å². The van der Waals surface area contributed by atoms with E-state index in [1.807, 2.05) is 5.38 Å². The third-order valence-corrected chi connectivity index (χ3v) is 4.94. The highest BCUT2D eigenvalue weighted by Gasteiger charge is 2.10. The van der Waals surface area contributed by atoms with Gasteiger partial charge in [0.2, 0.25) is 5.91 Å². The van der Waals surface area contributed by atoms with Gasteiger partial charge in [-0.15, -0.1) is 11.3 Å². The molecule has 0 saturated carbocycles. The van der Waals surface area contributed by atoms with Crippen molar-refractivity contribution in [3.63, 3.8) is 0 Å². The number of nitrogens with one attached hydrogen (secondary N) is 2. The van der Waals surface area contributed by atoms with E-state index >= 15 is 0 Å². The zero-order chi connectivity index (χ0) is 18.2. The Balaban J connectivity index is 1.65. The average Bonchev–Trinajstić information content (AvgIpc) is 3.13. The van der Waals surface area contributed by atoms with E-state index in [0.717, 1.165) is 0 Å². The molecule has 1 aromatic carbocycles. The number of benzene rings is 1. The molecule has 1 aromatic heterocycles. The number of ketones is 1. The smallest absolute Gasteiger partial charge is 0.251 e. The molecule has 8 heteroatoms. The molecule has 2 N–H and O–H groups in total. The van der Waals surface area contributed by atoms with Gasteiger partial charge in [0, 0.05) is 31.5 Å². The van der Waals surface area contributed by atoms with Crippen molar-refractivity contribution in [2.24, 2.45) is 0 Å². The minimum Gasteiger partial charge on any atom is -0.354 e. The standard InChI is InChI=1S/C17H16Cl2N2O3S/c18-12-4-3-11(10-13(12)19)17(24)21-8-7-20-16(23)6-5-14(22)15-2-1-9-25-15/h1-4,9-10H,5-8H2,(H,20,23)(H,21,24). The highest BCUT2D eigenvalue weighted by molar-refractivity contribution is 7.12. The van der Waals surface area contributed by atoms with Crippen molar-refractivity contribution in [3.8, 4) is 0 Å². The van der Waals surface area contributed by atoms with Crippen LogP contribution < -0.4 is 10.6 Å². The molecule has 2 rings (SSSR count). The summed E-state index contributed by atoms with van der Waals surface area (Å²) in [5.74, 6) is -0.576. The monoisotopic (exact) mass is 398 g/mol. The van der Waals surface area contributed by atoms with Gasteiger partial charge in [-0.3, -0.25) is 14.4 Å². The molecular formula is C17H16Cl2N2O3S. The van der Waals surface area contributed by atoms with Crippen LogP contribution in [0.4, 0.5) is 0 Å². The number of amides is 2. The topological polar surface area (TPSA) is 75.3 Å². The number of halogens is 2. The van der Waals surface area contributed by atoms with E-state index in [1.165, 1.54) is 17.4 Å². The predicted molar refractivity (Wildman–Crippen MR) is 99.7 cm³/mol. The molecule has 132 valence electrons. The van der Waals surface area contributed by atoms with Gasteiger partial charge in [0.05, 0.1) is 14.9 Å². The van der Waals surface area contributed by atoms with Gasteiger partial charge in [-0.2, -0.15) is 0 Å². The first-order chi connectivity index (χ1) is 12.0. The van der Waals surface area contributed by atoms with Crippen LogP contribution in [0.1, 0.15) is 32.9 Å². The summed E-state index contributed by atoms with van der Waals surface area (Å²) in [5, 5.41) is 7.83. The Morgan fingerprint density at radius 2 is 1.72 bits per heavy atom. The highest BCUT2D eigenvalue weighted by atomic mass is 35.5. The van der Waals surface area contributed by atoms with Crippen molar-refractivity contribution >= 4 is 52.1 Å². The Morgan fingerprint density at radius 3 is 2.40 bits per heavy atom. The first-order valence-electron chi connectivity index (χ1n) is 7.54. The van der Waals surface area contributed by atoms with Crippen LogP contribution in [0.5, 0.6) is 0 Å². The third-order valence-electron chi connectivity index (χ3n) is 3.29. The van der Waals surface area contributed by atoms with Crippen LogP contribution in [0.25, 0.3) is 0 Å². The summed E-state index contributed by atoms with van der Waals surface area (Å²) in [4.78, 5) is 36.1. The minimum absolute atomic E-state index is 0.0435. The number of Topliss-reactive ketones (excluding diaryl/α,β-unsaturated/α-hetero) is 1. The Morgan fingerprint density at radius 1 is 0.960 bits per heavy atom. The van der Waals surface area contributed by atoms with E-state index in [4.69, 9.17) is 23.2 Å².